The van der Waals surface area contributed by atoms with Gasteiger partial charge >= 0.3 is 0 Å². The van der Waals surface area contributed by atoms with Gasteiger partial charge in [-0.15, -0.1) is 0 Å². The first-order valence-electron chi connectivity index (χ1n) is 8.55. The molecule has 0 aliphatic carbocycles. The van der Waals surface area contributed by atoms with Crippen LogP contribution in [0.1, 0.15) is 35.9 Å². The molecule has 2 aromatic heterocycles. The van der Waals surface area contributed by atoms with Crippen LogP contribution < -0.4 is 17.0 Å². The fraction of sp³-hybridized carbons (Fsp3) is 0.200. The van der Waals surface area contributed by atoms with E-state index in [4.69, 9.17) is 11.5 Å². The van der Waals surface area contributed by atoms with Crippen molar-refractivity contribution >= 4 is 11.7 Å². The van der Waals surface area contributed by atoms with E-state index >= 15 is 0 Å². The normalized spacial score (nSPS) is 11.0. The van der Waals surface area contributed by atoms with E-state index < -0.39 is 5.91 Å². The topological polar surface area (TPSA) is 117 Å². The van der Waals surface area contributed by atoms with Gasteiger partial charge < -0.3 is 16.0 Å². The number of carbonyl (C=O) groups is 1. The average Bonchev–Trinajstić information content (AvgIpc) is 2.62. The molecule has 3 aromatic rings. The summed E-state index contributed by atoms with van der Waals surface area (Å²) in [5.41, 5.74) is 14.6. The summed E-state index contributed by atoms with van der Waals surface area (Å²) in [6.45, 7) is 5.78. The van der Waals surface area contributed by atoms with Crippen LogP contribution in [-0.4, -0.2) is 20.4 Å². The van der Waals surface area contributed by atoms with Crippen molar-refractivity contribution in [3.63, 3.8) is 0 Å². The summed E-state index contributed by atoms with van der Waals surface area (Å²) in [4.78, 5) is 32.7. The van der Waals surface area contributed by atoms with E-state index in [1.807, 2.05) is 45.0 Å². The molecule has 0 saturated carbocycles. The first-order chi connectivity index (χ1) is 12.8. The van der Waals surface area contributed by atoms with E-state index in [0.29, 0.717) is 17.0 Å². The summed E-state index contributed by atoms with van der Waals surface area (Å²) in [5, 5.41) is 0. The van der Waals surface area contributed by atoms with Crippen molar-refractivity contribution < 1.29 is 4.79 Å². The van der Waals surface area contributed by atoms with Crippen molar-refractivity contribution in [2.24, 2.45) is 5.73 Å². The minimum Gasteiger partial charge on any atom is -0.382 e. The second kappa shape index (κ2) is 7.03. The predicted octanol–water partition coefficient (Wildman–Crippen LogP) is 2.54. The fourth-order valence-corrected chi connectivity index (χ4v) is 2.90. The van der Waals surface area contributed by atoms with Crippen molar-refractivity contribution in [1.82, 2.24) is 14.5 Å². The molecule has 2 heterocycles. The molecule has 0 saturated heterocycles. The maximum atomic E-state index is 12.1. The first kappa shape index (κ1) is 18.3. The highest BCUT2D eigenvalue weighted by Crippen LogP contribution is 2.32. The third kappa shape index (κ3) is 3.44. The van der Waals surface area contributed by atoms with Crippen LogP contribution in [0.15, 0.2) is 47.4 Å². The number of hydrogen-bond acceptors (Lipinski definition) is 5. The Morgan fingerprint density at radius 2 is 1.78 bits per heavy atom. The standard InChI is InChI=1S/C20H21N5O2/c1-11(2)25-10-13(8-9-15(25)26)16-17(14-7-5-4-6-12(14)3)24-19(21)18(23-16)20(22)27/h4-11H,1-3H3,(H2,21,24)(H2,22,27). The van der Waals surface area contributed by atoms with Crippen molar-refractivity contribution in [3.05, 3.63) is 64.2 Å². The Kier molecular flexibility index (Phi) is 4.77. The quantitative estimate of drug-likeness (QED) is 0.739. The number of pyridine rings is 1. The number of primary amides is 1. The van der Waals surface area contributed by atoms with Gasteiger partial charge in [-0.3, -0.25) is 9.59 Å². The number of aromatic nitrogens is 3. The lowest BCUT2D eigenvalue weighted by Gasteiger charge is -2.15. The maximum absolute atomic E-state index is 12.1. The third-order valence-corrected chi connectivity index (χ3v) is 4.32. The molecule has 0 fully saturated rings. The summed E-state index contributed by atoms with van der Waals surface area (Å²) >= 11 is 0. The number of hydrogen-bond donors (Lipinski definition) is 2. The lowest BCUT2D eigenvalue weighted by Crippen LogP contribution is -2.21. The number of aryl methyl sites for hydroxylation is 1. The molecule has 0 bridgehead atoms. The Labute approximate surface area is 156 Å². The average molecular weight is 363 g/mol. The number of nitrogens with zero attached hydrogens (tertiary/aromatic N) is 3. The van der Waals surface area contributed by atoms with Gasteiger partial charge in [-0.25, -0.2) is 9.97 Å². The minimum atomic E-state index is -0.755. The molecule has 0 unspecified atom stereocenters. The second-order valence-electron chi connectivity index (χ2n) is 6.59. The Morgan fingerprint density at radius 3 is 2.41 bits per heavy atom. The largest absolute Gasteiger partial charge is 0.382 e. The lowest BCUT2D eigenvalue weighted by atomic mass is 10.0. The van der Waals surface area contributed by atoms with Gasteiger partial charge in [0, 0.05) is 29.4 Å². The van der Waals surface area contributed by atoms with Gasteiger partial charge in [0.25, 0.3) is 11.5 Å². The zero-order valence-electron chi connectivity index (χ0n) is 15.4. The van der Waals surface area contributed by atoms with Crippen LogP contribution in [-0.2, 0) is 0 Å². The summed E-state index contributed by atoms with van der Waals surface area (Å²) in [5.74, 6) is -0.781. The molecule has 0 aliphatic heterocycles. The van der Waals surface area contributed by atoms with E-state index in [1.54, 1.807) is 16.8 Å². The van der Waals surface area contributed by atoms with E-state index in [2.05, 4.69) is 9.97 Å². The fourth-order valence-electron chi connectivity index (χ4n) is 2.90. The van der Waals surface area contributed by atoms with Gasteiger partial charge in [0.2, 0.25) is 0 Å². The molecular weight excluding hydrogens is 342 g/mol. The highest BCUT2D eigenvalue weighted by Gasteiger charge is 2.20. The van der Waals surface area contributed by atoms with E-state index in [0.717, 1.165) is 11.1 Å². The zero-order valence-corrected chi connectivity index (χ0v) is 15.4. The van der Waals surface area contributed by atoms with Crippen LogP contribution in [0.5, 0.6) is 0 Å². The van der Waals surface area contributed by atoms with Gasteiger partial charge in [0.1, 0.15) is 0 Å². The number of nitrogen functional groups attached to an aromatic ring is 1. The van der Waals surface area contributed by atoms with Gasteiger partial charge in [0.05, 0.1) is 11.4 Å². The van der Waals surface area contributed by atoms with Gasteiger partial charge in [-0.1, -0.05) is 24.3 Å². The molecule has 7 nitrogen and oxygen atoms in total. The van der Waals surface area contributed by atoms with E-state index in [9.17, 15) is 9.59 Å². The van der Waals surface area contributed by atoms with Gasteiger partial charge in [0.15, 0.2) is 11.5 Å². The molecule has 7 heteroatoms. The van der Waals surface area contributed by atoms with Gasteiger partial charge in [-0.05, 0) is 32.4 Å². The molecule has 0 aliphatic rings. The van der Waals surface area contributed by atoms with Crippen LogP contribution in [0.3, 0.4) is 0 Å². The third-order valence-electron chi connectivity index (χ3n) is 4.32. The van der Waals surface area contributed by atoms with Crippen LogP contribution >= 0.6 is 0 Å². The molecule has 0 spiro atoms. The maximum Gasteiger partial charge on any atom is 0.271 e. The minimum absolute atomic E-state index is 0.0262. The lowest BCUT2D eigenvalue weighted by molar-refractivity contribution is 0.0996. The molecule has 27 heavy (non-hydrogen) atoms. The SMILES string of the molecule is Cc1ccccc1-c1nc(N)c(C(N)=O)nc1-c1ccc(=O)n(C(C)C)c1. The van der Waals surface area contributed by atoms with E-state index in [-0.39, 0.29) is 23.1 Å². The first-order valence-corrected chi connectivity index (χ1v) is 8.55. The highest BCUT2D eigenvalue weighted by atomic mass is 16.1. The molecular formula is C20H21N5O2. The Bertz CT molecular complexity index is 1090. The Morgan fingerprint density at radius 1 is 1.07 bits per heavy atom. The number of carbonyl (C=O) groups excluding carboxylic acids is 1. The number of anilines is 1. The van der Waals surface area contributed by atoms with Crippen LogP contribution in [0.4, 0.5) is 5.82 Å². The van der Waals surface area contributed by atoms with Crippen molar-refractivity contribution in [3.8, 4) is 22.5 Å². The van der Waals surface area contributed by atoms with Crippen LogP contribution in [0, 0.1) is 6.92 Å². The molecule has 0 atom stereocenters. The molecule has 1 aromatic carbocycles. The number of rotatable bonds is 4. The van der Waals surface area contributed by atoms with Crippen molar-refractivity contribution in [1.29, 1.82) is 0 Å². The summed E-state index contributed by atoms with van der Waals surface area (Å²) in [7, 11) is 0. The summed E-state index contributed by atoms with van der Waals surface area (Å²) in [6, 6.07) is 10.8. The second-order valence-corrected chi connectivity index (χ2v) is 6.59. The number of benzene rings is 1. The molecule has 138 valence electrons. The molecule has 3 rings (SSSR count). The highest BCUT2D eigenvalue weighted by molar-refractivity contribution is 5.97. The zero-order chi connectivity index (χ0) is 19.7. The Balaban J connectivity index is 2.35. The van der Waals surface area contributed by atoms with Gasteiger partial charge in [-0.2, -0.15) is 0 Å². The predicted molar refractivity (Wildman–Crippen MR) is 105 cm³/mol. The van der Waals surface area contributed by atoms with E-state index in [1.165, 1.54) is 6.07 Å². The smallest absolute Gasteiger partial charge is 0.271 e. The Hall–Kier alpha value is -3.48. The number of amides is 1. The molecule has 1 amide bonds. The summed E-state index contributed by atoms with van der Waals surface area (Å²) < 4.78 is 1.60. The van der Waals surface area contributed by atoms with Crippen LogP contribution in [0.2, 0.25) is 0 Å². The number of nitrogens with two attached hydrogens (primary N) is 2. The summed E-state index contributed by atoms with van der Waals surface area (Å²) in [6.07, 6.45) is 1.71. The van der Waals surface area contributed by atoms with Crippen molar-refractivity contribution in [2.45, 2.75) is 26.8 Å². The molecule has 0 radical (unpaired) electrons. The monoisotopic (exact) mass is 363 g/mol. The van der Waals surface area contributed by atoms with Crippen LogP contribution in [0.25, 0.3) is 22.5 Å². The van der Waals surface area contributed by atoms with Crippen molar-refractivity contribution in [2.75, 3.05) is 5.73 Å². The molecule has 4 N–H and O–H groups in total.